The normalized spacial score (nSPS) is 10.5. The van der Waals surface area contributed by atoms with E-state index in [1.807, 2.05) is 17.8 Å². The molecule has 0 saturated carbocycles. The van der Waals surface area contributed by atoms with Crippen LogP contribution in [-0.2, 0) is 6.54 Å². The molecule has 0 radical (unpaired) electrons. The summed E-state index contributed by atoms with van der Waals surface area (Å²) in [6, 6.07) is 5.08. The zero-order chi connectivity index (χ0) is 13.2. The number of rotatable bonds is 9. The van der Waals surface area contributed by atoms with Gasteiger partial charge < -0.3 is 10.4 Å². The highest BCUT2D eigenvalue weighted by Crippen LogP contribution is 2.02. The number of nitrogens with zero attached hydrogens (tertiary/aromatic N) is 1. The van der Waals surface area contributed by atoms with Crippen molar-refractivity contribution in [2.75, 3.05) is 18.6 Å². The first-order valence-electron chi connectivity index (χ1n) is 6.13. The minimum Gasteiger partial charge on any atom is -0.477 e. The summed E-state index contributed by atoms with van der Waals surface area (Å²) >= 11 is 1.88. The molecule has 5 heteroatoms. The van der Waals surface area contributed by atoms with E-state index in [0.717, 1.165) is 18.7 Å². The van der Waals surface area contributed by atoms with Crippen molar-refractivity contribution >= 4 is 17.7 Å². The van der Waals surface area contributed by atoms with Crippen molar-refractivity contribution < 1.29 is 9.90 Å². The monoisotopic (exact) mass is 268 g/mol. The molecule has 0 fully saturated rings. The number of aromatic nitrogens is 1. The average Bonchev–Trinajstić information content (AvgIpc) is 2.38. The highest BCUT2D eigenvalue weighted by molar-refractivity contribution is 7.98. The van der Waals surface area contributed by atoms with Gasteiger partial charge in [0.15, 0.2) is 0 Å². The van der Waals surface area contributed by atoms with E-state index in [0.29, 0.717) is 6.54 Å². The van der Waals surface area contributed by atoms with E-state index in [9.17, 15) is 4.79 Å². The van der Waals surface area contributed by atoms with Gasteiger partial charge in [-0.15, -0.1) is 0 Å². The second-order valence-corrected chi connectivity index (χ2v) is 5.04. The Labute approximate surface area is 112 Å². The molecule has 0 spiro atoms. The molecule has 0 aliphatic heterocycles. The molecule has 0 bridgehead atoms. The maximum atomic E-state index is 10.7. The number of thioether (sulfide) groups is 1. The number of hydrogen-bond donors (Lipinski definition) is 2. The van der Waals surface area contributed by atoms with Gasteiger partial charge in [-0.3, -0.25) is 0 Å². The van der Waals surface area contributed by atoms with Crippen molar-refractivity contribution in [3.8, 4) is 0 Å². The van der Waals surface area contributed by atoms with Crippen LogP contribution in [0.3, 0.4) is 0 Å². The molecule has 1 heterocycles. The van der Waals surface area contributed by atoms with Gasteiger partial charge in [-0.2, -0.15) is 11.8 Å². The zero-order valence-corrected chi connectivity index (χ0v) is 11.5. The van der Waals surface area contributed by atoms with Gasteiger partial charge in [0.1, 0.15) is 5.69 Å². The fourth-order valence-electron chi connectivity index (χ4n) is 1.59. The lowest BCUT2D eigenvalue weighted by atomic mass is 10.2. The lowest BCUT2D eigenvalue weighted by Crippen LogP contribution is -2.16. The molecule has 0 atom stereocenters. The Bertz CT molecular complexity index is 372. The molecule has 0 aliphatic rings. The highest BCUT2D eigenvalue weighted by atomic mass is 32.2. The number of hydrogen-bond acceptors (Lipinski definition) is 4. The molecular weight excluding hydrogens is 248 g/mol. The SMILES string of the molecule is CSCCCCCNCc1cccc(C(=O)O)n1. The van der Waals surface area contributed by atoms with E-state index < -0.39 is 5.97 Å². The third-order valence-corrected chi connectivity index (χ3v) is 3.23. The van der Waals surface area contributed by atoms with Crippen LogP contribution in [0.4, 0.5) is 0 Å². The molecule has 1 aromatic rings. The Morgan fingerprint density at radius 3 is 2.94 bits per heavy atom. The second-order valence-electron chi connectivity index (χ2n) is 4.05. The molecular formula is C13H20N2O2S. The Kier molecular flexibility index (Phi) is 7.44. The molecule has 4 nitrogen and oxygen atoms in total. The van der Waals surface area contributed by atoms with Gasteiger partial charge in [-0.1, -0.05) is 12.5 Å². The van der Waals surface area contributed by atoms with Crippen LogP contribution < -0.4 is 5.32 Å². The molecule has 100 valence electrons. The van der Waals surface area contributed by atoms with Crippen molar-refractivity contribution in [2.24, 2.45) is 0 Å². The van der Waals surface area contributed by atoms with Crippen molar-refractivity contribution in [1.82, 2.24) is 10.3 Å². The van der Waals surface area contributed by atoms with E-state index in [4.69, 9.17) is 5.11 Å². The van der Waals surface area contributed by atoms with E-state index in [-0.39, 0.29) is 5.69 Å². The van der Waals surface area contributed by atoms with Crippen LogP contribution in [0.2, 0.25) is 0 Å². The summed E-state index contributed by atoms with van der Waals surface area (Å²) < 4.78 is 0. The standard InChI is InChI=1S/C13H20N2O2S/c1-18-9-4-2-3-8-14-10-11-6-5-7-12(15-11)13(16)17/h5-7,14H,2-4,8-10H2,1H3,(H,16,17). The van der Waals surface area contributed by atoms with Crippen molar-refractivity contribution in [2.45, 2.75) is 25.8 Å². The molecule has 18 heavy (non-hydrogen) atoms. The predicted molar refractivity (Wildman–Crippen MR) is 75.1 cm³/mol. The lowest BCUT2D eigenvalue weighted by molar-refractivity contribution is 0.0690. The minimum atomic E-state index is -0.978. The second kappa shape index (κ2) is 8.94. The van der Waals surface area contributed by atoms with Crippen LogP contribution in [0.15, 0.2) is 18.2 Å². The lowest BCUT2D eigenvalue weighted by Gasteiger charge is -2.05. The van der Waals surface area contributed by atoms with Crippen LogP contribution in [-0.4, -0.2) is 34.6 Å². The van der Waals surface area contributed by atoms with Crippen LogP contribution in [0, 0.1) is 0 Å². The minimum absolute atomic E-state index is 0.106. The van der Waals surface area contributed by atoms with E-state index in [1.165, 1.54) is 24.7 Å². The molecule has 0 aromatic carbocycles. The summed E-state index contributed by atoms with van der Waals surface area (Å²) in [6.07, 6.45) is 5.77. The summed E-state index contributed by atoms with van der Waals surface area (Å²) in [4.78, 5) is 14.8. The van der Waals surface area contributed by atoms with Gasteiger partial charge in [0.05, 0.1) is 5.69 Å². The summed E-state index contributed by atoms with van der Waals surface area (Å²) in [7, 11) is 0. The Balaban J connectivity index is 2.19. The van der Waals surface area contributed by atoms with Crippen molar-refractivity contribution in [1.29, 1.82) is 0 Å². The molecule has 1 rings (SSSR count). The first-order valence-corrected chi connectivity index (χ1v) is 7.52. The Morgan fingerprint density at radius 2 is 2.22 bits per heavy atom. The number of unbranched alkanes of at least 4 members (excludes halogenated alkanes) is 2. The van der Waals surface area contributed by atoms with Crippen molar-refractivity contribution in [3.63, 3.8) is 0 Å². The van der Waals surface area contributed by atoms with E-state index in [2.05, 4.69) is 16.6 Å². The van der Waals surface area contributed by atoms with Crippen molar-refractivity contribution in [3.05, 3.63) is 29.6 Å². The van der Waals surface area contributed by atoms with Gasteiger partial charge in [0.25, 0.3) is 0 Å². The average molecular weight is 268 g/mol. The van der Waals surface area contributed by atoms with E-state index >= 15 is 0 Å². The largest absolute Gasteiger partial charge is 0.477 e. The Morgan fingerprint density at radius 1 is 1.39 bits per heavy atom. The maximum absolute atomic E-state index is 10.7. The molecule has 1 aromatic heterocycles. The van der Waals surface area contributed by atoms with Crippen LogP contribution in [0.25, 0.3) is 0 Å². The number of nitrogens with one attached hydrogen (secondary N) is 1. The smallest absolute Gasteiger partial charge is 0.354 e. The Hall–Kier alpha value is -1.07. The van der Waals surface area contributed by atoms with Gasteiger partial charge >= 0.3 is 5.97 Å². The van der Waals surface area contributed by atoms with E-state index in [1.54, 1.807) is 6.07 Å². The molecule has 0 aliphatic carbocycles. The topological polar surface area (TPSA) is 62.2 Å². The number of aromatic carboxylic acids is 1. The summed E-state index contributed by atoms with van der Waals surface area (Å²) in [5.41, 5.74) is 0.883. The summed E-state index contributed by atoms with van der Waals surface area (Å²) in [5.74, 6) is 0.247. The van der Waals surface area contributed by atoms with Crippen LogP contribution >= 0.6 is 11.8 Å². The summed E-state index contributed by atoms with van der Waals surface area (Å²) in [5, 5.41) is 12.1. The highest BCUT2D eigenvalue weighted by Gasteiger charge is 2.04. The fourth-order valence-corrected chi connectivity index (χ4v) is 2.08. The number of carboxylic acids is 1. The molecule has 0 amide bonds. The molecule has 2 N–H and O–H groups in total. The molecule has 0 saturated heterocycles. The van der Waals surface area contributed by atoms with Gasteiger partial charge in [0, 0.05) is 6.54 Å². The number of pyridine rings is 1. The summed E-state index contributed by atoms with van der Waals surface area (Å²) in [6.45, 7) is 1.58. The fraction of sp³-hybridized carbons (Fsp3) is 0.538. The van der Waals surface area contributed by atoms with Gasteiger partial charge in [0.2, 0.25) is 0 Å². The third-order valence-electron chi connectivity index (χ3n) is 2.53. The van der Waals surface area contributed by atoms with Crippen LogP contribution in [0.5, 0.6) is 0 Å². The maximum Gasteiger partial charge on any atom is 0.354 e. The zero-order valence-electron chi connectivity index (χ0n) is 10.7. The van der Waals surface area contributed by atoms with Crippen LogP contribution in [0.1, 0.15) is 35.4 Å². The first-order chi connectivity index (χ1) is 8.74. The van der Waals surface area contributed by atoms with Gasteiger partial charge in [-0.05, 0) is 43.5 Å². The van der Waals surface area contributed by atoms with Gasteiger partial charge in [-0.25, -0.2) is 9.78 Å². The number of carboxylic acid groups (broad SMARTS) is 1. The quantitative estimate of drug-likeness (QED) is 0.673. The number of carbonyl (C=O) groups is 1. The third kappa shape index (κ3) is 6.02. The molecule has 0 unspecified atom stereocenters. The first kappa shape index (κ1) is 15.0. The predicted octanol–water partition coefficient (Wildman–Crippen LogP) is 2.40.